The number of anilines is 1. The summed E-state index contributed by atoms with van der Waals surface area (Å²) < 4.78 is 6.54. The first-order chi connectivity index (χ1) is 11.9. The summed E-state index contributed by atoms with van der Waals surface area (Å²) in [5.74, 6) is -0.114. The number of amides is 1. The molecule has 0 aliphatic heterocycles. The Kier molecular flexibility index (Phi) is 4.65. The number of halogens is 2. The summed E-state index contributed by atoms with van der Waals surface area (Å²) in [5.41, 5.74) is 1.19. The lowest BCUT2D eigenvalue weighted by Gasteiger charge is -2.08. The zero-order valence-corrected chi connectivity index (χ0v) is 14.9. The number of carbonyl (C=O) groups is 1. The van der Waals surface area contributed by atoms with E-state index in [2.05, 4.69) is 10.5 Å². The molecule has 0 aliphatic rings. The molecular weight excluding hydrogens is 365 g/mol. The van der Waals surface area contributed by atoms with Gasteiger partial charge in [-0.3, -0.25) is 9.59 Å². The second-order valence-electron chi connectivity index (χ2n) is 5.38. The fraction of sp³-hybridized carbons (Fsp3) is 0.118. The standard InChI is InChI=1S/C17H13Cl2N3O3/c1-9-14(17(24)20-10-6-7-13(23)22(2)8-10)16(21-25-9)15-11(18)4-3-5-12(15)19/h3-8H,1-2H3,(H,20,24). The van der Waals surface area contributed by atoms with E-state index >= 15 is 0 Å². The summed E-state index contributed by atoms with van der Waals surface area (Å²) >= 11 is 12.4. The van der Waals surface area contributed by atoms with Crippen molar-refractivity contribution in [3.05, 3.63) is 68.3 Å². The van der Waals surface area contributed by atoms with Crippen molar-refractivity contribution in [2.24, 2.45) is 7.05 Å². The summed E-state index contributed by atoms with van der Waals surface area (Å²) in [6.45, 7) is 1.62. The molecule has 0 fully saturated rings. The second kappa shape index (κ2) is 6.74. The molecule has 3 aromatic rings. The van der Waals surface area contributed by atoms with Crippen LogP contribution in [-0.2, 0) is 7.05 Å². The van der Waals surface area contributed by atoms with E-state index in [4.69, 9.17) is 27.7 Å². The summed E-state index contributed by atoms with van der Waals surface area (Å²) in [6, 6.07) is 7.89. The quantitative estimate of drug-likeness (QED) is 0.750. The maximum atomic E-state index is 12.7. The summed E-state index contributed by atoms with van der Waals surface area (Å²) in [4.78, 5) is 24.2. The third-order valence-corrected chi connectivity index (χ3v) is 4.26. The molecule has 0 radical (unpaired) electrons. The lowest BCUT2D eigenvalue weighted by Crippen LogP contribution is -2.18. The average Bonchev–Trinajstić information content (AvgIpc) is 2.92. The minimum Gasteiger partial charge on any atom is -0.360 e. The fourth-order valence-corrected chi connectivity index (χ4v) is 2.97. The predicted molar refractivity (Wildman–Crippen MR) is 96.3 cm³/mol. The van der Waals surface area contributed by atoms with Crippen LogP contribution in [0.5, 0.6) is 0 Å². The first-order valence-electron chi connectivity index (χ1n) is 7.27. The van der Waals surface area contributed by atoms with Crippen molar-refractivity contribution in [3.63, 3.8) is 0 Å². The van der Waals surface area contributed by atoms with Crippen molar-refractivity contribution in [2.75, 3.05) is 5.32 Å². The zero-order chi connectivity index (χ0) is 18.1. The van der Waals surface area contributed by atoms with Crippen LogP contribution in [-0.4, -0.2) is 15.6 Å². The minimum atomic E-state index is -0.441. The minimum absolute atomic E-state index is 0.178. The third-order valence-electron chi connectivity index (χ3n) is 3.63. The van der Waals surface area contributed by atoms with E-state index in [0.717, 1.165) is 0 Å². The molecule has 6 nitrogen and oxygen atoms in total. The van der Waals surface area contributed by atoms with Gasteiger partial charge in [0.25, 0.3) is 5.91 Å². The molecule has 0 spiro atoms. The molecule has 1 amide bonds. The lowest BCUT2D eigenvalue weighted by atomic mass is 10.1. The van der Waals surface area contributed by atoms with Gasteiger partial charge in [-0.2, -0.15) is 0 Å². The van der Waals surface area contributed by atoms with Gasteiger partial charge < -0.3 is 14.4 Å². The molecule has 8 heteroatoms. The van der Waals surface area contributed by atoms with Gasteiger partial charge >= 0.3 is 0 Å². The highest BCUT2D eigenvalue weighted by molar-refractivity contribution is 6.39. The van der Waals surface area contributed by atoms with Gasteiger partial charge in [0, 0.05) is 24.9 Å². The Hall–Kier alpha value is -2.57. The monoisotopic (exact) mass is 377 g/mol. The number of rotatable bonds is 3. The van der Waals surface area contributed by atoms with E-state index < -0.39 is 5.91 Å². The van der Waals surface area contributed by atoms with Crippen molar-refractivity contribution in [1.29, 1.82) is 0 Å². The smallest absolute Gasteiger partial charge is 0.261 e. The van der Waals surface area contributed by atoms with E-state index in [9.17, 15) is 9.59 Å². The molecule has 1 N–H and O–H groups in total. The Labute approximate surface area is 153 Å². The van der Waals surface area contributed by atoms with Crippen molar-refractivity contribution in [1.82, 2.24) is 9.72 Å². The van der Waals surface area contributed by atoms with Crippen LogP contribution in [0.4, 0.5) is 5.69 Å². The number of carbonyl (C=O) groups excluding carboxylic acids is 1. The van der Waals surface area contributed by atoms with Crippen LogP contribution in [0.15, 0.2) is 45.8 Å². The maximum absolute atomic E-state index is 12.7. The lowest BCUT2D eigenvalue weighted by molar-refractivity contribution is 0.102. The Morgan fingerprint density at radius 2 is 1.88 bits per heavy atom. The van der Waals surface area contributed by atoms with Gasteiger partial charge in [0.2, 0.25) is 5.56 Å². The first-order valence-corrected chi connectivity index (χ1v) is 8.02. The second-order valence-corrected chi connectivity index (χ2v) is 6.19. The highest BCUT2D eigenvalue weighted by Gasteiger charge is 2.25. The zero-order valence-electron chi connectivity index (χ0n) is 13.3. The molecule has 2 heterocycles. The summed E-state index contributed by atoms with van der Waals surface area (Å²) in [7, 11) is 1.59. The van der Waals surface area contributed by atoms with Gasteiger partial charge in [-0.05, 0) is 25.1 Å². The highest BCUT2D eigenvalue weighted by atomic mass is 35.5. The maximum Gasteiger partial charge on any atom is 0.261 e. The molecular formula is C17H13Cl2N3O3. The van der Waals surface area contributed by atoms with E-state index in [1.807, 2.05) is 0 Å². The van der Waals surface area contributed by atoms with E-state index in [0.29, 0.717) is 27.1 Å². The first kappa shape index (κ1) is 17.3. The predicted octanol–water partition coefficient (Wildman–Crippen LogP) is 3.91. The number of pyridine rings is 1. The largest absolute Gasteiger partial charge is 0.360 e. The van der Waals surface area contributed by atoms with Gasteiger partial charge in [0.15, 0.2) is 0 Å². The van der Waals surface area contributed by atoms with E-state index in [-0.39, 0.29) is 16.8 Å². The molecule has 3 rings (SSSR count). The highest BCUT2D eigenvalue weighted by Crippen LogP contribution is 2.36. The number of aromatic nitrogens is 2. The van der Waals surface area contributed by atoms with Crippen LogP contribution in [0.2, 0.25) is 10.0 Å². The number of nitrogens with zero attached hydrogens (tertiary/aromatic N) is 2. The topological polar surface area (TPSA) is 77.1 Å². The summed E-state index contributed by atoms with van der Waals surface area (Å²) in [6.07, 6.45) is 1.52. The van der Waals surface area contributed by atoms with Crippen molar-refractivity contribution in [3.8, 4) is 11.3 Å². The van der Waals surface area contributed by atoms with Crippen LogP contribution >= 0.6 is 23.2 Å². The third kappa shape index (κ3) is 3.31. The van der Waals surface area contributed by atoms with Crippen molar-refractivity contribution in [2.45, 2.75) is 6.92 Å². The Morgan fingerprint density at radius 3 is 2.52 bits per heavy atom. The van der Waals surface area contributed by atoms with Crippen molar-refractivity contribution >= 4 is 34.8 Å². The van der Waals surface area contributed by atoms with Gasteiger partial charge in [0.05, 0.1) is 15.7 Å². The number of nitrogens with one attached hydrogen (secondary N) is 1. The number of benzene rings is 1. The molecule has 0 bridgehead atoms. The molecule has 0 saturated carbocycles. The molecule has 0 aliphatic carbocycles. The van der Waals surface area contributed by atoms with Gasteiger partial charge in [-0.25, -0.2) is 0 Å². The number of aryl methyl sites for hydroxylation is 2. The molecule has 1 aromatic carbocycles. The summed E-state index contributed by atoms with van der Waals surface area (Å²) in [5, 5.41) is 7.38. The molecule has 0 saturated heterocycles. The Bertz CT molecular complexity index is 1000. The average molecular weight is 378 g/mol. The van der Waals surface area contributed by atoms with Crippen LogP contribution in [0.1, 0.15) is 16.1 Å². The number of hydrogen-bond donors (Lipinski definition) is 1. The van der Waals surface area contributed by atoms with Crippen LogP contribution in [0.3, 0.4) is 0 Å². The molecule has 128 valence electrons. The van der Waals surface area contributed by atoms with Crippen LogP contribution in [0.25, 0.3) is 11.3 Å². The van der Waals surface area contributed by atoms with Crippen molar-refractivity contribution < 1.29 is 9.32 Å². The molecule has 0 atom stereocenters. The molecule has 2 aromatic heterocycles. The fourth-order valence-electron chi connectivity index (χ4n) is 2.40. The van der Waals surface area contributed by atoms with Crippen LogP contribution < -0.4 is 10.9 Å². The van der Waals surface area contributed by atoms with Gasteiger partial charge in [-0.15, -0.1) is 0 Å². The SMILES string of the molecule is Cc1onc(-c2c(Cl)cccc2Cl)c1C(=O)Nc1ccc(=O)n(C)c1. The van der Waals surface area contributed by atoms with E-state index in [1.54, 1.807) is 32.2 Å². The van der Waals surface area contributed by atoms with Gasteiger partial charge in [-0.1, -0.05) is 34.4 Å². The molecule has 25 heavy (non-hydrogen) atoms. The Morgan fingerprint density at radius 1 is 1.20 bits per heavy atom. The normalized spacial score (nSPS) is 10.7. The number of hydrogen-bond acceptors (Lipinski definition) is 4. The Balaban J connectivity index is 2.03. The van der Waals surface area contributed by atoms with E-state index in [1.165, 1.54) is 22.9 Å². The molecule has 0 unspecified atom stereocenters. The van der Waals surface area contributed by atoms with Gasteiger partial charge in [0.1, 0.15) is 17.0 Å². The van der Waals surface area contributed by atoms with Crippen LogP contribution in [0, 0.1) is 6.92 Å².